The summed E-state index contributed by atoms with van der Waals surface area (Å²) >= 11 is 0. The molecule has 0 aromatic heterocycles. The summed E-state index contributed by atoms with van der Waals surface area (Å²) in [7, 11) is 0. The predicted molar refractivity (Wildman–Crippen MR) is 116 cm³/mol. The normalized spacial score (nSPS) is 38.1. The first kappa shape index (κ1) is 20.4. The van der Waals surface area contributed by atoms with Crippen LogP contribution in [0.25, 0.3) is 0 Å². The number of allylic oxidation sites excluding steroid dienone is 5. The average molecular weight is 385 g/mol. The second-order valence-corrected chi connectivity index (χ2v) is 10.6. The van der Waals surface area contributed by atoms with Gasteiger partial charge < -0.3 is 9.84 Å². The number of rotatable bonds is 6. The Kier molecular flexibility index (Phi) is 5.66. The van der Waals surface area contributed by atoms with E-state index in [0.29, 0.717) is 23.4 Å². The quantitative estimate of drug-likeness (QED) is 0.435. The molecule has 156 valence electrons. The molecule has 0 aromatic carbocycles. The van der Waals surface area contributed by atoms with E-state index in [0.717, 1.165) is 18.9 Å². The van der Waals surface area contributed by atoms with Crippen LogP contribution in [0.4, 0.5) is 0 Å². The highest BCUT2D eigenvalue weighted by atomic mass is 16.5. The van der Waals surface area contributed by atoms with Crippen molar-refractivity contribution < 1.29 is 9.84 Å². The van der Waals surface area contributed by atoms with E-state index in [1.807, 2.05) is 13.8 Å². The van der Waals surface area contributed by atoms with Gasteiger partial charge in [-0.15, -0.1) is 0 Å². The standard InChI is InChI=1S/C26H40O2/c1-18(2)24(27)17-28-16-13-20-9-11-22-21-10-8-19-7-5-6-14-25(19,3)23(21)12-15-26(20,22)4/h8-10,18,22-24,27H,5-7,11-17H2,1-4H3/t22-,23+,24+,25+,26-/m1/s1. The summed E-state index contributed by atoms with van der Waals surface area (Å²) in [5.74, 6) is 1.73. The molecule has 2 nitrogen and oxygen atoms in total. The molecule has 28 heavy (non-hydrogen) atoms. The minimum atomic E-state index is -0.346. The zero-order valence-electron chi connectivity index (χ0n) is 18.5. The highest BCUT2D eigenvalue weighted by Crippen LogP contribution is 2.63. The van der Waals surface area contributed by atoms with Crippen molar-refractivity contribution in [3.05, 3.63) is 34.9 Å². The number of ether oxygens (including phenoxy) is 1. The van der Waals surface area contributed by atoms with Crippen molar-refractivity contribution in [1.29, 1.82) is 0 Å². The van der Waals surface area contributed by atoms with Gasteiger partial charge in [-0.25, -0.2) is 0 Å². The predicted octanol–water partition coefficient (Wildman–Crippen LogP) is 6.22. The van der Waals surface area contributed by atoms with E-state index in [-0.39, 0.29) is 12.0 Å². The van der Waals surface area contributed by atoms with Crippen molar-refractivity contribution in [1.82, 2.24) is 0 Å². The van der Waals surface area contributed by atoms with Gasteiger partial charge in [0.2, 0.25) is 0 Å². The van der Waals surface area contributed by atoms with Gasteiger partial charge in [-0.1, -0.05) is 69.1 Å². The molecule has 2 saturated carbocycles. The molecule has 0 unspecified atom stereocenters. The van der Waals surface area contributed by atoms with Crippen molar-refractivity contribution in [3.63, 3.8) is 0 Å². The first-order valence-electron chi connectivity index (χ1n) is 11.7. The Balaban J connectivity index is 1.43. The zero-order chi connectivity index (χ0) is 19.9. The fourth-order valence-corrected chi connectivity index (χ4v) is 6.68. The number of fused-ring (bicyclic) bond motifs is 5. The molecule has 0 spiro atoms. The summed E-state index contributed by atoms with van der Waals surface area (Å²) in [6.45, 7) is 10.4. The van der Waals surface area contributed by atoms with Gasteiger partial charge >= 0.3 is 0 Å². The Morgan fingerprint density at radius 3 is 2.71 bits per heavy atom. The molecule has 0 amide bonds. The molecule has 0 saturated heterocycles. The van der Waals surface area contributed by atoms with Crippen LogP contribution < -0.4 is 0 Å². The van der Waals surface area contributed by atoms with Gasteiger partial charge in [0.25, 0.3) is 0 Å². The van der Waals surface area contributed by atoms with Crippen molar-refractivity contribution in [2.24, 2.45) is 28.6 Å². The van der Waals surface area contributed by atoms with Crippen LogP contribution in [-0.4, -0.2) is 24.4 Å². The average Bonchev–Trinajstić information content (AvgIpc) is 3.01. The van der Waals surface area contributed by atoms with Crippen LogP contribution in [0, 0.1) is 28.6 Å². The smallest absolute Gasteiger partial charge is 0.0796 e. The number of aliphatic hydroxyl groups is 1. The Bertz CT molecular complexity index is 685. The van der Waals surface area contributed by atoms with E-state index in [4.69, 9.17) is 4.74 Å². The summed E-state index contributed by atoms with van der Waals surface area (Å²) < 4.78 is 5.82. The van der Waals surface area contributed by atoms with Crippen molar-refractivity contribution in [2.75, 3.05) is 13.2 Å². The lowest BCUT2D eigenvalue weighted by Gasteiger charge is -2.54. The first-order chi connectivity index (χ1) is 13.4. The zero-order valence-corrected chi connectivity index (χ0v) is 18.5. The molecule has 4 aliphatic rings. The summed E-state index contributed by atoms with van der Waals surface area (Å²) in [6, 6.07) is 0. The van der Waals surface area contributed by atoms with Crippen molar-refractivity contribution >= 4 is 0 Å². The molecule has 4 rings (SSSR count). The van der Waals surface area contributed by atoms with Crippen LogP contribution in [0.15, 0.2) is 34.9 Å². The van der Waals surface area contributed by atoms with Crippen LogP contribution in [-0.2, 0) is 4.74 Å². The molecule has 2 fully saturated rings. The van der Waals surface area contributed by atoms with E-state index in [2.05, 4.69) is 32.1 Å². The highest BCUT2D eigenvalue weighted by molar-refractivity contribution is 5.41. The molecule has 2 heteroatoms. The largest absolute Gasteiger partial charge is 0.390 e. The van der Waals surface area contributed by atoms with Gasteiger partial charge in [0.15, 0.2) is 0 Å². The van der Waals surface area contributed by atoms with Crippen LogP contribution in [0.2, 0.25) is 0 Å². The molecule has 0 radical (unpaired) electrons. The van der Waals surface area contributed by atoms with Crippen molar-refractivity contribution in [2.45, 2.75) is 85.2 Å². The van der Waals surface area contributed by atoms with E-state index in [1.165, 1.54) is 44.9 Å². The van der Waals surface area contributed by atoms with Gasteiger partial charge in [-0.3, -0.25) is 0 Å². The van der Waals surface area contributed by atoms with E-state index in [1.54, 1.807) is 16.7 Å². The Morgan fingerprint density at radius 2 is 1.93 bits per heavy atom. The summed E-state index contributed by atoms with van der Waals surface area (Å²) in [5.41, 5.74) is 5.85. The Labute approximate surface area is 172 Å². The van der Waals surface area contributed by atoms with Crippen LogP contribution in [0.3, 0.4) is 0 Å². The fraction of sp³-hybridized carbons (Fsp3) is 0.769. The Hall–Kier alpha value is -0.860. The van der Waals surface area contributed by atoms with Gasteiger partial charge in [0.1, 0.15) is 0 Å². The van der Waals surface area contributed by atoms with E-state index >= 15 is 0 Å². The summed E-state index contributed by atoms with van der Waals surface area (Å²) in [4.78, 5) is 0. The number of hydrogen-bond donors (Lipinski definition) is 1. The molecule has 0 aromatic rings. The second-order valence-electron chi connectivity index (χ2n) is 10.6. The van der Waals surface area contributed by atoms with E-state index < -0.39 is 0 Å². The molecule has 0 aliphatic heterocycles. The minimum Gasteiger partial charge on any atom is -0.390 e. The molecule has 0 heterocycles. The molecule has 0 bridgehead atoms. The lowest BCUT2D eigenvalue weighted by atomic mass is 9.50. The lowest BCUT2D eigenvalue weighted by Crippen LogP contribution is -2.44. The topological polar surface area (TPSA) is 29.5 Å². The molecular weight excluding hydrogens is 344 g/mol. The lowest BCUT2D eigenvalue weighted by molar-refractivity contribution is 0.0125. The maximum Gasteiger partial charge on any atom is 0.0796 e. The highest BCUT2D eigenvalue weighted by Gasteiger charge is 2.53. The van der Waals surface area contributed by atoms with Crippen molar-refractivity contribution in [3.8, 4) is 0 Å². The van der Waals surface area contributed by atoms with Crippen LogP contribution >= 0.6 is 0 Å². The SMILES string of the molecule is CC(C)[C@@H](O)COCCC1=CC[C@@H]2C3=CC=C4CCCC[C@]4(C)[C@H]3CC[C@]12C. The van der Waals surface area contributed by atoms with Crippen LogP contribution in [0.1, 0.15) is 79.1 Å². The molecule has 5 atom stereocenters. The number of hydrogen-bond acceptors (Lipinski definition) is 2. The van der Waals surface area contributed by atoms with E-state index in [9.17, 15) is 5.11 Å². The first-order valence-corrected chi connectivity index (χ1v) is 11.7. The maximum atomic E-state index is 9.95. The van der Waals surface area contributed by atoms with Gasteiger partial charge in [0, 0.05) is 0 Å². The third-order valence-corrected chi connectivity index (χ3v) is 8.81. The maximum absolute atomic E-state index is 9.95. The monoisotopic (exact) mass is 384 g/mol. The third-order valence-electron chi connectivity index (χ3n) is 8.81. The van der Waals surface area contributed by atoms with Gasteiger partial charge in [-0.05, 0) is 73.5 Å². The minimum absolute atomic E-state index is 0.264. The number of aliphatic hydroxyl groups excluding tert-OH is 1. The fourth-order valence-electron chi connectivity index (χ4n) is 6.68. The molecule has 4 aliphatic carbocycles. The summed E-state index contributed by atoms with van der Waals surface area (Å²) in [6.07, 6.45) is 17.6. The van der Waals surface area contributed by atoms with Gasteiger partial charge in [0.05, 0.1) is 19.3 Å². The third kappa shape index (κ3) is 3.35. The summed E-state index contributed by atoms with van der Waals surface area (Å²) in [5, 5.41) is 9.95. The second kappa shape index (κ2) is 7.76. The van der Waals surface area contributed by atoms with Crippen LogP contribution in [0.5, 0.6) is 0 Å². The molecular formula is C26H40O2. The van der Waals surface area contributed by atoms with Gasteiger partial charge in [-0.2, -0.15) is 0 Å². The Morgan fingerprint density at radius 1 is 1.11 bits per heavy atom. The molecule has 1 N–H and O–H groups in total.